The summed E-state index contributed by atoms with van der Waals surface area (Å²) in [4.78, 5) is 10.1. The van der Waals surface area contributed by atoms with Crippen molar-refractivity contribution >= 4 is 38.7 Å². The number of thiophene rings is 1. The Labute approximate surface area is 169 Å². The molecule has 0 radical (unpaired) electrons. The van der Waals surface area contributed by atoms with Crippen LogP contribution in [0.2, 0.25) is 0 Å². The van der Waals surface area contributed by atoms with Crippen LogP contribution in [0.4, 0.5) is 0 Å². The van der Waals surface area contributed by atoms with E-state index in [0.29, 0.717) is 29.2 Å². The third-order valence-corrected chi connectivity index (χ3v) is 7.37. The smallest absolute Gasteiger partial charge is 0.250 e. The van der Waals surface area contributed by atoms with E-state index in [2.05, 4.69) is 44.6 Å². The van der Waals surface area contributed by atoms with E-state index in [1.165, 1.54) is 11.3 Å². The molecule has 0 aliphatic carbocycles. The molecule has 0 amide bonds. The fraction of sp³-hybridized carbons (Fsp3) is 0.529. The van der Waals surface area contributed by atoms with Crippen LogP contribution in [0.1, 0.15) is 42.3 Å². The van der Waals surface area contributed by atoms with Crippen molar-refractivity contribution in [3.05, 3.63) is 33.1 Å². The van der Waals surface area contributed by atoms with Crippen LogP contribution < -0.4 is 15.4 Å². The topological polar surface area (TPSA) is 95.5 Å². The van der Waals surface area contributed by atoms with Crippen LogP contribution in [0.25, 0.3) is 0 Å². The van der Waals surface area contributed by atoms with Gasteiger partial charge in [0.1, 0.15) is 9.22 Å². The van der Waals surface area contributed by atoms with Crippen molar-refractivity contribution in [3.8, 4) is 0 Å². The van der Waals surface area contributed by atoms with Crippen LogP contribution in [0.15, 0.2) is 26.7 Å². The molecule has 0 aliphatic heterocycles. The van der Waals surface area contributed by atoms with Gasteiger partial charge in [0.2, 0.25) is 10.0 Å². The zero-order chi connectivity index (χ0) is 19.9. The number of aliphatic imine (C=N–C) groups is 1. The molecule has 0 fully saturated rings. The number of rotatable bonds is 9. The number of guanidine groups is 1. The van der Waals surface area contributed by atoms with Gasteiger partial charge in [0.25, 0.3) is 0 Å². The van der Waals surface area contributed by atoms with E-state index >= 15 is 0 Å². The summed E-state index contributed by atoms with van der Waals surface area (Å²) in [6, 6.07) is 3.43. The first-order chi connectivity index (χ1) is 12.8. The van der Waals surface area contributed by atoms with E-state index < -0.39 is 10.0 Å². The zero-order valence-corrected chi connectivity index (χ0v) is 18.5. The van der Waals surface area contributed by atoms with E-state index in [1.807, 2.05) is 13.8 Å². The van der Waals surface area contributed by atoms with Crippen molar-refractivity contribution < 1.29 is 8.42 Å². The summed E-state index contributed by atoms with van der Waals surface area (Å²) in [6.07, 6.45) is 0. The van der Waals surface area contributed by atoms with Gasteiger partial charge in [-0.25, -0.2) is 23.1 Å². The lowest BCUT2D eigenvalue weighted by Crippen LogP contribution is -2.41. The standard InChI is InChI=1S/C17H27N5O2S3/c1-5-18-17(20-10-15-22-14(11-25-15)12(2)3)19-8-9-21-27(23,24)16-7-6-13(4)26-16/h6-7,11-12,21H,5,8-10H2,1-4H3,(H2,18,19,20). The molecular formula is C17H27N5O2S3. The highest BCUT2D eigenvalue weighted by atomic mass is 32.2. The molecule has 0 aliphatic rings. The lowest BCUT2D eigenvalue weighted by Gasteiger charge is -2.11. The normalized spacial score (nSPS) is 12.6. The van der Waals surface area contributed by atoms with E-state index in [9.17, 15) is 8.42 Å². The van der Waals surface area contributed by atoms with Gasteiger partial charge in [-0.1, -0.05) is 13.8 Å². The second-order valence-corrected chi connectivity index (χ2v) is 10.4. The molecule has 0 unspecified atom stereocenters. The predicted molar refractivity (Wildman–Crippen MR) is 113 cm³/mol. The van der Waals surface area contributed by atoms with E-state index in [-0.39, 0.29) is 6.54 Å². The number of thiazole rings is 1. The number of nitrogens with zero attached hydrogens (tertiary/aromatic N) is 2. The molecule has 2 aromatic rings. The van der Waals surface area contributed by atoms with Gasteiger partial charge in [-0.15, -0.1) is 22.7 Å². The molecule has 0 bridgehead atoms. The fourth-order valence-electron chi connectivity index (χ4n) is 2.15. The summed E-state index contributed by atoms with van der Waals surface area (Å²) < 4.78 is 27.3. The number of hydrogen-bond donors (Lipinski definition) is 3. The van der Waals surface area contributed by atoms with Gasteiger partial charge in [-0.05, 0) is 31.9 Å². The predicted octanol–water partition coefficient (Wildman–Crippen LogP) is 2.67. The second kappa shape index (κ2) is 10.2. The molecule has 0 aromatic carbocycles. The number of aromatic nitrogens is 1. The summed E-state index contributed by atoms with van der Waals surface area (Å²) in [5.41, 5.74) is 1.08. The third-order valence-electron chi connectivity index (χ3n) is 3.57. The summed E-state index contributed by atoms with van der Waals surface area (Å²) in [7, 11) is -3.45. The molecule has 0 saturated heterocycles. The maximum atomic E-state index is 12.2. The molecule has 3 N–H and O–H groups in total. The minimum Gasteiger partial charge on any atom is -0.357 e. The molecule has 150 valence electrons. The van der Waals surface area contributed by atoms with Crippen LogP contribution in [-0.2, 0) is 16.6 Å². The summed E-state index contributed by atoms with van der Waals surface area (Å²) in [6.45, 7) is 10.0. The van der Waals surface area contributed by atoms with Crippen molar-refractivity contribution in [2.45, 2.75) is 44.4 Å². The van der Waals surface area contributed by atoms with Gasteiger partial charge in [0.05, 0.1) is 12.2 Å². The average molecular weight is 430 g/mol. The first-order valence-electron chi connectivity index (χ1n) is 8.84. The van der Waals surface area contributed by atoms with Gasteiger partial charge in [-0.2, -0.15) is 0 Å². The molecular weight excluding hydrogens is 402 g/mol. The van der Waals surface area contributed by atoms with Gasteiger partial charge < -0.3 is 10.6 Å². The molecule has 2 rings (SSSR count). The van der Waals surface area contributed by atoms with Gasteiger partial charge in [-0.3, -0.25) is 0 Å². The Morgan fingerprint density at radius 2 is 2.04 bits per heavy atom. The minimum atomic E-state index is -3.45. The van der Waals surface area contributed by atoms with E-state index in [4.69, 9.17) is 0 Å². The molecule has 0 atom stereocenters. The van der Waals surface area contributed by atoms with Crippen molar-refractivity contribution in [1.29, 1.82) is 0 Å². The van der Waals surface area contributed by atoms with Gasteiger partial charge >= 0.3 is 0 Å². The monoisotopic (exact) mass is 429 g/mol. The zero-order valence-electron chi connectivity index (χ0n) is 16.1. The maximum absolute atomic E-state index is 12.2. The largest absolute Gasteiger partial charge is 0.357 e. The van der Waals surface area contributed by atoms with Crippen LogP contribution in [0.3, 0.4) is 0 Å². The minimum absolute atomic E-state index is 0.276. The Morgan fingerprint density at radius 3 is 2.63 bits per heavy atom. The summed E-state index contributed by atoms with van der Waals surface area (Å²) >= 11 is 2.87. The molecule has 10 heteroatoms. The molecule has 2 aromatic heterocycles. The SMILES string of the molecule is CCNC(=NCc1nc(C(C)C)cs1)NCCNS(=O)(=O)c1ccc(C)s1. The quantitative estimate of drug-likeness (QED) is 0.324. The highest BCUT2D eigenvalue weighted by Gasteiger charge is 2.15. The Balaban J connectivity index is 1.84. The highest BCUT2D eigenvalue weighted by molar-refractivity contribution is 7.91. The Morgan fingerprint density at radius 1 is 1.26 bits per heavy atom. The first kappa shape index (κ1) is 21.8. The summed E-state index contributed by atoms with van der Waals surface area (Å²) in [5, 5.41) is 9.33. The lowest BCUT2D eigenvalue weighted by atomic mass is 10.2. The van der Waals surface area contributed by atoms with Crippen LogP contribution >= 0.6 is 22.7 Å². The van der Waals surface area contributed by atoms with Crippen LogP contribution in [-0.4, -0.2) is 39.0 Å². The number of hydrogen-bond acceptors (Lipinski definition) is 6. The molecule has 0 saturated carbocycles. The number of nitrogens with one attached hydrogen (secondary N) is 3. The first-order valence-corrected chi connectivity index (χ1v) is 12.0. The molecule has 7 nitrogen and oxygen atoms in total. The van der Waals surface area contributed by atoms with Gasteiger partial charge in [0, 0.05) is 29.9 Å². The van der Waals surface area contributed by atoms with E-state index in [1.54, 1.807) is 23.5 Å². The maximum Gasteiger partial charge on any atom is 0.250 e. The Bertz CT molecular complexity index is 856. The Hall–Kier alpha value is -1.49. The lowest BCUT2D eigenvalue weighted by molar-refractivity contribution is 0.582. The number of sulfonamides is 1. The Kier molecular flexibility index (Phi) is 8.21. The molecule has 2 heterocycles. The van der Waals surface area contributed by atoms with Gasteiger partial charge in [0.15, 0.2) is 5.96 Å². The fourth-order valence-corrected chi connectivity index (χ4v) is 5.38. The number of aryl methyl sites for hydroxylation is 1. The molecule has 27 heavy (non-hydrogen) atoms. The average Bonchev–Trinajstić information content (AvgIpc) is 3.26. The third kappa shape index (κ3) is 6.87. The van der Waals surface area contributed by atoms with E-state index in [0.717, 1.165) is 22.1 Å². The second-order valence-electron chi connectivity index (χ2n) is 6.21. The van der Waals surface area contributed by atoms with Crippen molar-refractivity contribution in [2.75, 3.05) is 19.6 Å². The van der Waals surface area contributed by atoms with Crippen LogP contribution in [0, 0.1) is 6.92 Å². The summed E-state index contributed by atoms with van der Waals surface area (Å²) in [5.74, 6) is 1.05. The highest BCUT2D eigenvalue weighted by Crippen LogP contribution is 2.20. The van der Waals surface area contributed by atoms with Crippen molar-refractivity contribution in [3.63, 3.8) is 0 Å². The van der Waals surface area contributed by atoms with Crippen molar-refractivity contribution in [2.24, 2.45) is 4.99 Å². The van der Waals surface area contributed by atoms with Crippen LogP contribution in [0.5, 0.6) is 0 Å². The molecule has 0 spiro atoms. The van der Waals surface area contributed by atoms with Crippen molar-refractivity contribution in [1.82, 2.24) is 20.3 Å².